The van der Waals surface area contributed by atoms with Gasteiger partial charge in [0.1, 0.15) is 0 Å². The van der Waals surface area contributed by atoms with E-state index in [1.165, 1.54) is 48.9 Å². The lowest BCUT2D eigenvalue weighted by Gasteiger charge is -2.22. The van der Waals surface area contributed by atoms with Crippen molar-refractivity contribution in [1.29, 1.82) is 0 Å². The molecule has 0 bridgehead atoms. The van der Waals surface area contributed by atoms with E-state index in [0.29, 0.717) is 5.41 Å². The van der Waals surface area contributed by atoms with Crippen LogP contribution in [0.5, 0.6) is 0 Å². The van der Waals surface area contributed by atoms with Gasteiger partial charge in [0.05, 0.1) is 5.01 Å². The zero-order valence-corrected chi connectivity index (χ0v) is 11.4. The molecule has 4 heteroatoms. The van der Waals surface area contributed by atoms with Crippen LogP contribution in [0.4, 0.5) is 0 Å². The fourth-order valence-electron chi connectivity index (χ4n) is 3.11. The molecule has 0 radical (unpaired) electrons. The first-order valence-electron chi connectivity index (χ1n) is 6.66. The van der Waals surface area contributed by atoms with E-state index in [0.717, 1.165) is 13.0 Å². The lowest BCUT2D eigenvalue weighted by atomic mass is 9.87. The molecule has 1 atom stereocenters. The Balaban J connectivity index is 1.59. The molecule has 2 aliphatic heterocycles. The van der Waals surface area contributed by atoms with Crippen LogP contribution in [-0.2, 0) is 13.0 Å². The molecular formula is C13H21N3S. The summed E-state index contributed by atoms with van der Waals surface area (Å²) in [4.78, 5) is 8.49. The third-order valence-electron chi connectivity index (χ3n) is 4.13. The predicted octanol–water partition coefficient (Wildman–Crippen LogP) is 1.89. The minimum absolute atomic E-state index is 0.596. The van der Waals surface area contributed by atoms with Gasteiger partial charge in [-0.25, -0.2) is 4.98 Å². The zero-order chi connectivity index (χ0) is 11.7. The second kappa shape index (κ2) is 4.67. The van der Waals surface area contributed by atoms with Gasteiger partial charge < -0.3 is 5.32 Å². The van der Waals surface area contributed by atoms with E-state index < -0.39 is 0 Å². The number of rotatable bonds is 3. The largest absolute Gasteiger partial charge is 0.316 e. The van der Waals surface area contributed by atoms with Crippen LogP contribution in [0, 0.1) is 5.41 Å². The number of likely N-dealkylation sites (tertiary alicyclic amines) is 1. The zero-order valence-electron chi connectivity index (χ0n) is 10.5. The third kappa shape index (κ3) is 2.39. The van der Waals surface area contributed by atoms with Crippen LogP contribution in [-0.4, -0.2) is 36.1 Å². The number of nitrogens with zero attached hydrogens (tertiary/aromatic N) is 2. The van der Waals surface area contributed by atoms with E-state index in [1.807, 2.05) is 11.3 Å². The first-order chi connectivity index (χ1) is 8.30. The lowest BCUT2D eigenvalue weighted by Crippen LogP contribution is -2.28. The van der Waals surface area contributed by atoms with Gasteiger partial charge in [0.15, 0.2) is 0 Å². The van der Waals surface area contributed by atoms with Gasteiger partial charge >= 0.3 is 0 Å². The second-order valence-corrected chi connectivity index (χ2v) is 6.66. The summed E-state index contributed by atoms with van der Waals surface area (Å²) in [6.45, 7) is 8.28. The monoisotopic (exact) mass is 251 g/mol. The molecular weight excluding hydrogens is 230 g/mol. The molecule has 1 spiro atoms. The van der Waals surface area contributed by atoms with Gasteiger partial charge in [0, 0.05) is 30.7 Å². The van der Waals surface area contributed by atoms with Crippen LogP contribution in [0.3, 0.4) is 0 Å². The van der Waals surface area contributed by atoms with E-state index in [1.54, 1.807) is 0 Å². The summed E-state index contributed by atoms with van der Waals surface area (Å²) in [5.74, 6) is 0. The van der Waals surface area contributed by atoms with Crippen molar-refractivity contribution in [3.8, 4) is 0 Å². The molecule has 1 unspecified atom stereocenters. The van der Waals surface area contributed by atoms with Crippen LogP contribution < -0.4 is 5.32 Å². The molecule has 0 amide bonds. The number of nitrogens with one attached hydrogen (secondary N) is 1. The second-order valence-electron chi connectivity index (χ2n) is 5.46. The Kier molecular flexibility index (Phi) is 3.19. The number of aromatic nitrogens is 1. The number of hydrogen-bond donors (Lipinski definition) is 1. The molecule has 2 fully saturated rings. The molecule has 1 aromatic rings. The van der Waals surface area contributed by atoms with Crippen LogP contribution in [0.1, 0.15) is 29.7 Å². The topological polar surface area (TPSA) is 28.2 Å². The standard InChI is InChI=1S/C13H21N3S/c1-2-12-15-7-11(17-12)8-16-6-4-13(10-16)3-5-14-9-13/h7,14H,2-6,8-10H2,1H3. The highest BCUT2D eigenvalue weighted by Crippen LogP contribution is 2.36. The molecule has 1 N–H and O–H groups in total. The molecule has 94 valence electrons. The Labute approximate surface area is 107 Å². The summed E-state index contributed by atoms with van der Waals surface area (Å²) < 4.78 is 0. The Bertz CT molecular complexity index is 382. The van der Waals surface area contributed by atoms with E-state index in [2.05, 4.69) is 28.3 Å². The normalized spacial score (nSPS) is 29.5. The van der Waals surface area contributed by atoms with Crippen molar-refractivity contribution in [2.45, 2.75) is 32.7 Å². The molecule has 17 heavy (non-hydrogen) atoms. The van der Waals surface area contributed by atoms with Crippen molar-refractivity contribution in [3.63, 3.8) is 0 Å². The van der Waals surface area contributed by atoms with E-state index >= 15 is 0 Å². The fourth-order valence-corrected chi connectivity index (χ4v) is 4.02. The minimum atomic E-state index is 0.596. The maximum atomic E-state index is 4.45. The van der Waals surface area contributed by atoms with Gasteiger partial charge in [-0.3, -0.25) is 4.90 Å². The SMILES string of the molecule is CCc1ncc(CN2CCC3(CCNC3)C2)s1. The molecule has 3 heterocycles. The highest BCUT2D eigenvalue weighted by Gasteiger charge is 2.40. The van der Waals surface area contributed by atoms with Crippen molar-refractivity contribution in [2.75, 3.05) is 26.2 Å². The quantitative estimate of drug-likeness (QED) is 0.889. The molecule has 3 rings (SSSR count). The van der Waals surface area contributed by atoms with Crippen LogP contribution in [0.25, 0.3) is 0 Å². The molecule has 3 nitrogen and oxygen atoms in total. The highest BCUT2D eigenvalue weighted by atomic mass is 32.1. The Morgan fingerprint density at radius 3 is 3.18 bits per heavy atom. The van der Waals surface area contributed by atoms with E-state index in [-0.39, 0.29) is 0 Å². The molecule has 1 aromatic heterocycles. The molecule has 0 aliphatic carbocycles. The van der Waals surface area contributed by atoms with Crippen molar-refractivity contribution >= 4 is 11.3 Å². The smallest absolute Gasteiger partial charge is 0.0925 e. The summed E-state index contributed by atoms with van der Waals surface area (Å²) >= 11 is 1.88. The van der Waals surface area contributed by atoms with Crippen molar-refractivity contribution < 1.29 is 0 Å². The molecule has 2 aliphatic rings. The Morgan fingerprint density at radius 2 is 2.47 bits per heavy atom. The summed E-state index contributed by atoms with van der Waals surface area (Å²) in [7, 11) is 0. The minimum Gasteiger partial charge on any atom is -0.316 e. The summed E-state index contributed by atoms with van der Waals surface area (Å²) in [5.41, 5.74) is 0.596. The van der Waals surface area contributed by atoms with Crippen LogP contribution in [0.2, 0.25) is 0 Å². The maximum absolute atomic E-state index is 4.45. The molecule has 2 saturated heterocycles. The molecule has 0 saturated carbocycles. The predicted molar refractivity (Wildman–Crippen MR) is 71.3 cm³/mol. The van der Waals surface area contributed by atoms with Crippen molar-refractivity contribution in [2.24, 2.45) is 5.41 Å². The van der Waals surface area contributed by atoms with Gasteiger partial charge in [0.25, 0.3) is 0 Å². The van der Waals surface area contributed by atoms with Crippen molar-refractivity contribution in [3.05, 3.63) is 16.1 Å². The average Bonchev–Trinajstić information content (AvgIpc) is 3.03. The van der Waals surface area contributed by atoms with Gasteiger partial charge in [0.2, 0.25) is 0 Å². The summed E-state index contributed by atoms with van der Waals surface area (Å²) in [5, 5.41) is 4.79. The first-order valence-corrected chi connectivity index (χ1v) is 7.48. The van der Waals surface area contributed by atoms with Crippen LogP contribution >= 0.6 is 11.3 Å². The van der Waals surface area contributed by atoms with Gasteiger partial charge in [-0.05, 0) is 37.8 Å². The maximum Gasteiger partial charge on any atom is 0.0925 e. The Morgan fingerprint density at radius 1 is 1.53 bits per heavy atom. The van der Waals surface area contributed by atoms with Gasteiger partial charge in [-0.15, -0.1) is 11.3 Å². The summed E-state index contributed by atoms with van der Waals surface area (Å²) in [6, 6.07) is 0. The van der Waals surface area contributed by atoms with Crippen LogP contribution in [0.15, 0.2) is 6.20 Å². The lowest BCUT2D eigenvalue weighted by molar-refractivity contribution is 0.270. The fraction of sp³-hybridized carbons (Fsp3) is 0.769. The number of aryl methyl sites for hydroxylation is 1. The van der Waals surface area contributed by atoms with Gasteiger partial charge in [-0.1, -0.05) is 6.92 Å². The first kappa shape index (κ1) is 11.6. The van der Waals surface area contributed by atoms with E-state index in [4.69, 9.17) is 0 Å². The van der Waals surface area contributed by atoms with Gasteiger partial charge in [-0.2, -0.15) is 0 Å². The third-order valence-corrected chi connectivity index (χ3v) is 5.26. The highest BCUT2D eigenvalue weighted by molar-refractivity contribution is 7.11. The number of hydrogen-bond acceptors (Lipinski definition) is 4. The molecule has 0 aromatic carbocycles. The Hall–Kier alpha value is -0.450. The van der Waals surface area contributed by atoms with E-state index in [9.17, 15) is 0 Å². The number of thiazole rings is 1. The summed E-state index contributed by atoms with van der Waals surface area (Å²) in [6.07, 6.45) is 5.88. The average molecular weight is 251 g/mol. The van der Waals surface area contributed by atoms with Crippen molar-refractivity contribution in [1.82, 2.24) is 15.2 Å².